The average molecular weight is 484 g/mol. The van der Waals surface area contributed by atoms with E-state index in [9.17, 15) is 9.90 Å². The zero-order chi connectivity index (χ0) is 25.2. The topological polar surface area (TPSA) is 111 Å². The quantitative estimate of drug-likeness (QED) is 0.368. The number of aromatic nitrogens is 3. The summed E-state index contributed by atoms with van der Waals surface area (Å²) in [4.78, 5) is 18.4. The molecule has 0 radical (unpaired) electrons. The molecule has 0 spiro atoms. The SMILES string of the molecule is COc1ccccc1NC(=O)C1=C(C)Nc2nc(-c3cccc(O)c3)nn2C1c1ccccc1OC. The molecule has 36 heavy (non-hydrogen) atoms. The predicted octanol–water partition coefficient (Wildman–Crippen LogP) is 4.60. The molecule has 1 amide bonds. The first-order valence-electron chi connectivity index (χ1n) is 11.3. The summed E-state index contributed by atoms with van der Waals surface area (Å²) in [5.74, 6) is 1.83. The predicted molar refractivity (Wildman–Crippen MR) is 136 cm³/mol. The van der Waals surface area contributed by atoms with Crippen LogP contribution in [0.2, 0.25) is 0 Å². The van der Waals surface area contributed by atoms with Crippen LogP contribution >= 0.6 is 0 Å². The number of carbonyl (C=O) groups is 1. The van der Waals surface area contributed by atoms with E-state index < -0.39 is 6.04 Å². The van der Waals surface area contributed by atoms with Gasteiger partial charge in [-0.3, -0.25) is 4.79 Å². The Morgan fingerprint density at radius 2 is 1.72 bits per heavy atom. The molecule has 1 aliphatic rings. The number of fused-ring (bicyclic) bond motifs is 1. The maximum absolute atomic E-state index is 13.8. The number of hydrogen-bond acceptors (Lipinski definition) is 7. The van der Waals surface area contributed by atoms with E-state index in [-0.39, 0.29) is 11.7 Å². The van der Waals surface area contributed by atoms with Gasteiger partial charge in [-0.2, -0.15) is 4.98 Å². The molecule has 0 saturated carbocycles. The number of allylic oxidation sites excluding steroid dienone is 1. The highest BCUT2D eigenvalue weighted by Gasteiger charge is 2.36. The maximum atomic E-state index is 13.8. The number of aromatic hydroxyl groups is 1. The van der Waals surface area contributed by atoms with Crippen molar-refractivity contribution in [3.05, 3.63) is 89.6 Å². The Morgan fingerprint density at radius 1 is 1.00 bits per heavy atom. The number of phenols is 1. The van der Waals surface area contributed by atoms with E-state index >= 15 is 0 Å². The van der Waals surface area contributed by atoms with Crippen LogP contribution in [0, 0.1) is 0 Å². The van der Waals surface area contributed by atoms with E-state index in [1.807, 2.05) is 49.4 Å². The standard InChI is InChI=1S/C27H25N5O4/c1-16-23(26(34)29-20-12-5-7-14-22(20)36-3)24(19-11-4-6-13-21(19)35-2)32-27(28-16)30-25(31-32)17-9-8-10-18(33)15-17/h4-15,24,33H,1-3H3,(H,29,34)(H,28,30,31). The van der Waals surface area contributed by atoms with Crippen LogP contribution < -0.4 is 20.1 Å². The van der Waals surface area contributed by atoms with Crippen LogP contribution in [0.15, 0.2) is 84.1 Å². The van der Waals surface area contributed by atoms with Gasteiger partial charge >= 0.3 is 0 Å². The van der Waals surface area contributed by atoms with Gasteiger partial charge in [0.15, 0.2) is 5.82 Å². The third-order valence-electron chi connectivity index (χ3n) is 5.99. The molecule has 182 valence electrons. The van der Waals surface area contributed by atoms with Crippen molar-refractivity contribution in [2.24, 2.45) is 0 Å². The lowest BCUT2D eigenvalue weighted by Gasteiger charge is -2.29. The van der Waals surface area contributed by atoms with Crippen molar-refractivity contribution in [2.75, 3.05) is 24.9 Å². The number of methoxy groups -OCH3 is 2. The van der Waals surface area contributed by atoms with Gasteiger partial charge in [-0.15, -0.1) is 5.10 Å². The number of phenolic OH excluding ortho intramolecular Hbond substituents is 1. The summed E-state index contributed by atoms with van der Waals surface area (Å²) in [6.07, 6.45) is 0. The van der Waals surface area contributed by atoms with Gasteiger partial charge in [-0.1, -0.05) is 42.5 Å². The van der Waals surface area contributed by atoms with Crippen LogP contribution in [0.25, 0.3) is 11.4 Å². The summed E-state index contributed by atoms with van der Waals surface area (Å²) in [6.45, 7) is 1.83. The summed E-state index contributed by atoms with van der Waals surface area (Å²) < 4.78 is 12.7. The molecule has 0 aliphatic carbocycles. The van der Waals surface area contributed by atoms with Crippen LogP contribution in [0.3, 0.4) is 0 Å². The summed E-state index contributed by atoms with van der Waals surface area (Å²) in [5, 5.41) is 20.9. The van der Waals surface area contributed by atoms with Crippen molar-refractivity contribution in [1.29, 1.82) is 0 Å². The third kappa shape index (κ3) is 4.11. The lowest BCUT2D eigenvalue weighted by atomic mass is 9.94. The minimum atomic E-state index is -0.634. The first kappa shape index (κ1) is 23.0. The van der Waals surface area contributed by atoms with Crippen LogP contribution in [0.4, 0.5) is 11.6 Å². The van der Waals surface area contributed by atoms with Crippen LogP contribution in [0.1, 0.15) is 18.5 Å². The van der Waals surface area contributed by atoms with Crippen molar-refractivity contribution in [3.63, 3.8) is 0 Å². The van der Waals surface area contributed by atoms with Gasteiger partial charge in [0.2, 0.25) is 5.95 Å². The number of nitrogens with one attached hydrogen (secondary N) is 2. The molecule has 1 aromatic heterocycles. The fourth-order valence-corrected chi connectivity index (χ4v) is 4.33. The van der Waals surface area contributed by atoms with E-state index in [1.165, 1.54) is 0 Å². The van der Waals surface area contributed by atoms with Gasteiger partial charge in [0.25, 0.3) is 5.91 Å². The molecule has 2 heterocycles. The van der Waals surface area contributed by atoms with Crippen LogP contribution in [-0.4, -0.2) is 40.0 Å². The smallest absolute Gasteiger partial charge is 0.255 e. The average Bonchev–Trinajstić information content (AvgIpc) is 3.32. The van der Waals surface area contributed by atoms with E-state index in [0.29, 0.717) is 45.8 Å². The molecule has 0 fully saturated rings. The second-order valence-electron chi connectivity index (χ2n) is 8.22. The van der Waals surface area contributed by atoms with Gasteiger partial charge in [0, 0.05) is 16.8 Å². The van der Waals surface area contributed by atoms with E-state index in [0.717, 1.165) is 5.56 Å². The van der Waals surface area contributed by atoms with Crippen molar-refractivity contribution >= 4 is 17.5 Å². The lowest BCUT2D eigenvalue weighted by Crippen LogP contribution is -2.31. The lowest BCUT2D eigenvalue weighted by molar-refractivity contribution is -0.113. The van der Waals surface area contributed by atoms with E-state index in [2.05, 4.69) is 15.6 Å². The van der Waals surface area contributed by atoms with Crippen LogP contribution in [0.5, 0.6) is 17.2 Å². The molecule has 1 atom stereocenters. The number of nitrogens with zero attached hydrogens (tertiary/aromatic N) is 3. The first-order chi connectivity index (χ1) is 17.5. The maximum Gasteiger partial charge on any atom is 0.255 e. The largest absolute Gasteiger partial charge is 0.508 e. The minimum Gasteiger partial charge on any atom is -0.508 e. The first-order valence-corrected chi connectivity index (χ1v) is 11.3. The monoisotopic (exact) mass is 483 g/mol. The molecule has 9 heteroatoms. The van der Waals surface area contributed by atoms with E-state index in [1.54, 1.807) is 49.2 Å². The summed E-state index contributed by atoms with van der Waals surface area (Å²) in [6, 6.07) is 20.8. The molecule has 0 bridgehead atoms. The summed E-state index contributed by atoms with van der Waals surface area (Å²) >= 11 is 0. The second kappa shape index (κ2) is 9.46. The zero-order valence-electron chi connectivity index (χ0n) is 20.0. The molecule has 4 aromatic rings. The van der Waals surface area contributed by atoms with Gasteiger partial charge < -0.3 is 25.2 Å². The Bertz CT molecular complexity index is 1480. The molecular weight excluding hydrogens is 458 g/mol. The van der Waals surface area contributed by atoms with Crippen molar-refractivity contribution in [3.8, 4) is 28.6 Å². The second-order valence-corrected chi connectivity index (χ2v) is 8.22. The Hall–Kier alpha value is -4.79. The molecule has 3 N–H and O–H groups in total. The molecule has 1 unspecified atom stereocenters. The zero-order valence-corrected chi connectivity index (χ0v) is 20.0. The van der Waals surface area contributed by atoms with Crippen LogP contribution in [-0.2, 0) is 4.79 Å². The Morgan fingerprint density at radius 3 is 2.47 bits per heavy atom. The Balaban J connectivity index is 1.64. The number of para-hydroxylation sites is 3. The number of rotatable bonds is 6. The number of ether oxygens (including phenoxy) is 2. The minimum absolute atomic E-state index is 0.112. The number of hydrogen-bond donors (Lipinski definition) is 3. The number of amides is 1. The third-order valence-corrected chi connectivity index (χ3v) is 5.99. The molecular formula is C27H25N5O4. The molecule has 5 rings (SSSR count). The fourth-order valence-electron chi connectivity index (χ4n) is 4.33. The van der Waals surface area contributed by atoms with Gasteiger partial charge in [-0.05, 0) is 37.3 Å². The van der Waals surface area contributed by atoms with E-state index in [4.69, 9.17) is 14.6 Å². The number of benzene rings is 3. The normalized spacial score (nSPS) is 14.6. The van der Waals surface area contributed by atoms with Gasteiger partial charge in [-0.25, -0.2) is 4.68 Å². The van der Waals surface area contributed by atoms with Crippen molar-refractivity contribution < 1.29 is 19.4 Å². The van der Waals surface area contributed by atoms with Crippen molar-refractivity contribution in [1.82, 2.24) is 14.8 Å². The molecule has 3 aromatic carbocycles. The molecule has 9 nitrogen and oxygen atoms in total. The summed E-state index contributed by atoms with van der Waals surface area (Å²) in [5.41, 5.74) is 3.02. The van der Waals surface area contributed by atoms with Gasteiger partial charge in [0.1, 0.15) is 23.3 Å². The van der Waals surface area contributed by atoms with Crippen molar-refractivity contribution in [2.45, 2.75) is 13.0 Å². The highest BCUT2D eigenvalue weighted by molar-refractivity contribution is 6.06. The molecule has 0 saturated heterocycles. The summed E-state index contributed by atoms with van der Waals surface area (Å²) in [7, 11) is 3.14. The fraction of sp³-hybridized carbons (Fsp3) is 0.148. The highest BCUT2D eigenvalue weighted by atomic mass is 16.5. The van der Waals surface area contributed by atoms with Gasteiger partial charge in [0.05, 0.1) is 25.5 Å². The number of carbonyl (C=O) groups excluding carboxylic acids is 1. The molecule has 1 aliphatic heterocycles. The highest BCUT2D eigenvalue weighted by Crippen LogP contribution is 2.40. The number of anilines is 2. The Kier molecular flexibility index (Phi) is 6.03. The Labute approximate surface area is 208 Å².